The van der Waals surface area contributed by atoms with Gasteiger partial charge in [-0.15, -0.1) is 0 Å². The van der Waals surface area contributed by atoms with E-state index in [-0.39, 0.29) is 0 Å². The molecule has 0 saturated carbocycles. The molecule has 1 aliphatic rings. The molecule has 3 rings (SSSR count). The van der Waals surface area contributed by atoms with E-state index in [0.717, 1.165) is 5.57 Å². The first-order valence-corrected chi connectivity index (χ1v) is 9.27. The molecule has 2 N–H and O–H groups in total. The van der Waals surface area contributed by atoms with Gasteiger partial charge in [0.2, 0.25) is 0 Å². The van der Waals surface area contributed by atoms with Crippen molar-refractivity contribution in [2.75, 3.05) is 6.54 Å². The molecule has 136 valence electrons. The van der Waals surface area contributed by atoms with Crippen LogP contribution in [0.4, 0.5) is 0 Å². The van der Waals surface area contributed by atoms with Crippen molar-refractivity contribution in [3.8, 4) is 11.5 Å². The molecule has 0 fully saturated rings. The van der Waals surface area contributed by atoms with Crippen LogP contribution in [0.5, 0.6) is 11.5 Å². The number of hydrogen-bond donors (Lipinski definition) is 1. The lowest BCUT2D eigenvalue weighted by atomic mass is 10.0. The molecule has 0 amide bonds. The van der Waals surface area contributed by atoms with Crippen LogP contribution in [-0.4, -0.2) is 12.3 Å². The molecule has 0 aliphatic heterocycles. The summed E-state index contributed by atoms with van der Waals surface area (Å²) in [7, 11) is 0. The van der Waals surface area contributed by atoms with Gasteiger partial charge in [0.25, 0.3) is 5.79 Å². The van der Waals surface area contributed by atoms with Crippen molar-refractivity contribution >= 4 is 46.4 Å². The summed E-state index contributed by atoms with van der Waals surface area (Å²) in [5.41, 5.74) is 6.69. The highest BCUT2D eigenvalue weighted by atomic mass is 35.5. The summed E-state index contributed by atoms with van der Waals surface area (Å²) in [4.78, 5) is 0. The Morgan fingerprint density at radius 2 is 1.27 bits per heavy atom. The minimum absolute atomic E-state index is 0.429. The largest absolute Gasteiger partial charge is 0.448 e. The Bertz CT molecular complexity index is 786. The van der Waals surface area contributed by atoms with Crippen LogP contribution in [0.1, 0.15) is 6.42 Å². The monoisotopic (exact) mass is 429 g/mol. The third kappa shape index (κ3) is 4.87. The van der Waals surface area contributed by atoms with Gasteiger partial charge in [-0.2, -0.15) is 0 Å². The molecule has 3 nitrogen and oxygen atoms in total. The van der Waals surface area contributed by atoms with E-state index in [1.807, 2.05) is 12.2 Å². The Labute approximate surface area is 171 Å². The molecule has 26 heavy (non-hydrogen) atoms. The second-order valence-corrected chi connectivity index (χ2v) is 7.49. The molecular formula is C19H15Cl4NO2. The van der Waals surface area contributed by atoms with Crippen LogP contribution >= 0.6 is 46.4 Å². The highest BCUT2D eigenvalue weighted by molar-refractivity contribution is 6.35. The van der Waals surface area contributed by atoms with Crippen molar-refractivity contribution < 1.29 is 9.47 Å². The zero-order valence-electron chi connectivity index (χ0n) is 13.5. The number of halogens is 4. The second-order valence-electron chi connectivity index (χ2n) is 5.75. The Kier molecular flexibility index (Phi) is 6.06. The topological polar surface area (TPSA) is 44.5 Å². The Morgan fingerprint density at radius 3 is 1.62 bits per heavy atom. The van der Waals surface area contributed by atoms with Gasteiger partial charge in [-0.25, -0.2) is 0 Å². The van der Waals surface area contributed by atoms with Crippen LogP contribution in [0.2, 0.25) is 20.1 Å². The van der Waals surface area contributed by atoms with Gasteiger partial charge in [-0.05, 0) is 42.0 Å². The standard InChI is InChI=1S/C19H15Cl4NO2/c20-13-5-14(21)8-17(7-13)25-19(3-1-12(11-24)2-4-19)26-18-9-15(22)6-16(23)10-18/h1-3,5-10H,4,11,24H2. The Morgan fingerprint density at radius 1 is 0.808 bits per heavy atom. The van der Waals surface area contributed by atoms with Gasteiger partial charge in [0.05, 0.1) is 0 Å². The van der Waals surface area contributed by atoms with Gasteiger partial charge < -0.3 is 15.2 Å². The first-order chi connectivity index (χ1) is 12.4. The van der Waals surface area contributed by atoms with Gasteiger partial charge in [0.1, 0.15) is 11.5 Å². The maximum atomic E-state index is 6.13. The molecule has 0 aromatic heterocycles. The van der Waals surface area contributed by atoms with Crippen molar-refractivity contribution in [2.24, 2.45) is 5.73 Å². The molecule has 0 unspecified atom stereocenters. The van der Waals surface area contributed by atoms with Crippen LogP contribution in [0.25, 0.3) is 0 Å². The molecule has 0 bridgehead atoms. The summed E-state index contributed by atoms with van der Waals surface area (Å²) in [6, 6.07) is 9.92. The highest BCUT2D eigenvalue weighted by Crippen LogP contribution is 2.35. The van der Waals surface area contributed by atoms with Crippen molar-refractivity contribution in [2.45, 2.75) is 12.2 Å². The van der Waals surface area contributed by atoms with Gasteiger partial charge >= 0.3 is 0 Å². The molecule has 0 heterocycles. The molecule has 1 aliphatic carbocycles. The maximum Gasteiger partial charge on any atom is 0.274 e. The summed E-state index contributed by atoms with van der Waals surface area (Å²) in [6.07, 6.45) is 6.06. The van der Waals surface area contributed by atoms with E-state index >= 15 is 0 Å². The molecule has 0 saturated heterocycles. The van der Waals surface area contributed by atoms with Crippen molar-refractivity contribution in [1.29, 1.82) is 0 Å². The van der Waals surface area contributed by atoms with Crippen LogP contribution in [0, 0.1) is 0 Å². The quantitative estimate of drug-likeness (QED) is 0.566. The summed E-state index contributed by atoms with van der Waals surface area (Å²) in [5.74, 6) is -0.157. The van der Waals surface area contributed by atoms with E-state index in [1.54, 1.807) is 42.5 Å². The second kappa shape index (κ2) is 8.12. The lowest BCUT2D eigenvalue weighted by Gasteiger charge is -2.33. The van der Waals surface area contributed by atoms with Crippen molar-refractivity contribution in [3.05, 3.63) is 80.3 Å². The van der Waals surface area contributed by atoms with E-state index in [1.165, 1.54) is 0 Å². The fourth-order valence-electron chi connectivity index (χ4n) is 2.54. The van der Waals surface area contributed by atoms with Gasteiger partial charge in [0.15, 0.2) is 0 Å². The van der Waals surface area contributed by atoms with E-state index in [9.17, 15) is 0 Å². The third-order valence-corrected chi connectivity index (χ3v) is 4.56. The molecule has 0 atom stereocenters. The van der Waals surface area contributed by atoms with Gasteiger partial charge in [-0.3, -0.25) is 0 Å². The predicted molar refractivity (Wildman–Crippen MR) is 108 cm³/mol. The number of benzene rings is 2. The number of ether oxygens (including phenoxy) is 2. The lowest BCUT2D eigenvalue weighted by molar-refractivity contribution is -0.0690. The van der Waals surface area contributed by atoms with Gasteiger partial charge in [0, 0.05) is 39.1 Å². The van der Waals surface area contributed by atoms with E-state index in [2.05, 4.69) is 0 Å². The number of hydrogen-bond acceptors (Lipinski definition) is 3. The maximum absolute atomic E-state index is 6.13. The third-order valence-electron chi connectivity index (χ3n) is 3.69. The first-order valence-electron chi connectivity index (χ1n) is 7.76. The van der Waals surface area contributed by atoms with Crippen LogP contribution in [-0.2, 0) is 0 Å². The van der Waals surface area contributed by atoms with Crippen LogP contribution in [0.3, 0.4) is 0 Å². The summed E-state index contributed by atoms with van der Waals surface area (Å²) < 4.78 is 12.3. The molecule has 7 heteroatoms. The Hall–Kier alpha value is -1.36. The molecule has 0 radical (unpaired) electrons. The zero-order chi connectivity index (χ0) is 18.7. The van der Waals surface area contributed by atoms with E-state index in [0.29, 0.717) is 44.6 Å². The zero-order valence-corrected chi connectivity index (χ0v) is 16.5. The molecule has 2 aromatic carbocycles. The highest BCUT2D eigenvalue weighted by Gasteiger charge is 2.33. The first kappa shape index (κ1) is 19.4. The number of rotatable bonds is 5. The van der Waals surface area contributed by atoms with Crippen molar-refractivity contribution in [1.82, 2.24) is 0 Å². The Balaban J connectivity index is 1.94. The number of nitrogens with two attached hydrogens (primary N) is 1. The normalized spacial score (nSPS) is 15.5. The molecular weight excluding hydrogens is 416 g/mol. The lowest BCUT2D eigenvalue weighted by Crippen LogP contribution is -2.41. The smallest absolute Gasteiger partial charge is 0.274 e. The SMILES string of the molecule is NCC1=CCC(Oc2cc(Cl)cc(Cl)c2)(Oc2cc(Cl)cc(Cl)c2)C=C1. The van der Waals surface area contributed by atoms with Crippen LogP contribution in [0.15, 0.2) is 60.2 Å². The predicted octanol–water partition coefficient (Wildman–Crippen LogP) is 6.30. The van der Waals surface area contributed by atoms with E-state index < -0.39 is 5.79 Å². The molecule has 2 aromatic rings. The fraction of sp³-hybridized carbons (Fsp3) is 0.158. The van der Waals surface area contributed by atoms with Crippen molar-refractivity contribution in [3.63, 3.8) is 0 Å². The average Bonchev–Trinajstić information content (AvgIpc) is 2.53. The minimum atomic E-state index is -1.11. The van der Waals surface area contributed by atoms with E-state index in [4.69, 9.17) is 61.6 Å². The summed E-state index contributed by atoms with van der Waals surface area (Å²) in [5, 5.41) is 1.86. The summed E-state index contributed by atoms with van der Waals surface area (Å²) in [6.45, 7) is 0.429. The molecule has 0 spiro atoms. The average molecular weight is 431 g/mol. The van der Waals surface area contributed by atoms with Gasteiger partial charge in [-0.1, -0.05) is 58.6 Å². The fourth-order valence-corrected chi connectivity index (χ4v) is 3.55. The minimum Gasteiger partial charge on any atom is -0.448 e. The van der Waals surface area contributed by atoms with Crippen LogP contribution < -0.4 is 15.2 Å². The summed E-state index contributed by atoms with van der Waals surface area (Å²) >= 11 is 24.3.